The molecule has 0 N–H and O–H groups in total. The van der Waals surface area contributed by atoms with Gasteiger partial charge in [0.1, 0.15) is 5.75 Å². The second-order valence-electron chi connectivity index (χ2n) is 8.68. The number of methoxy groups -OCH3 is 1. The second kappa shape index (κ2) is 12.2. The van der Waals surface area contributed by atoms with E-state index in [0.29, 0.717) is 39.8 Å². The Labute approximate surface area is 241 Å². The number of ether oxygens (including phenoxy) is 1. The number of halogens is 5. The van der Waals surface area contributed by atoms with E-state index in [0.717, 1.165) is 9.79 Å². The molecule has 0 saturated carbocycles. The van der Waals surface area contributed by atoms with E-state index in [9.17, 15) is 26.7 Å². The third-order valence-electron chi connectivity index (χ3n) is 6.13. The Morgan fingerprint density at radius 3 is 1.90 bits per heavy atom. The first-order valence-electron chi connectivity index (χ1n) is 12.1. The first-order chi connectivity index (χ1) is 19.8. The van der Waals surface area contributed by atoms with Crippen LogP contribution in [0.1, 0.15) is 15.9 Å². The monoisotopic (exact) mass is 594 g/mol. The minimum atomic E-state index is -2.21. The summed E-state index contributed by atoms with van der Waals surface area (Å²) in [5.74, 6) is -9.68. The summed E-state index contributed by atoms with van der Waals surface area (Å²) < 4.78 is 75.4. The fraction of sp³-hybridized carbons (Fsp3) is 0.0312. The van der Waals surface area contributed by atoms with Gasteiger partial charge in [-0.2, -0.15) is 0 Å². The quantitative estimate of drug-likeness (QED) is 0.0774. The molecular formula is C32H19F5O2S2. The topological polar surface area (TPSA) is 26.3 Å². The van der Waals surface area contributed by atoms with Gasteiger partial charge in [0.05, 0.1) is 12.0 Å². The van der Waals surface area contributed by atoms with Gasteiger partial charge in [-0.1, -0.05) is 78.1 Å². The molecule has 0 unspecified atom stereocenters. The maximum atomic E-state index is 14.4. The number of ketones is 1. The first-order valence-corrected chi connectivity index (χ1v) is 13.8. The zero-order chi connectivity index (χ0) is 29.1. The molecule has 41 heavy (non-hydrogen) atoms. The highest BCUT2D eigenvalue weighted by Crippen LogP contribution is 2.42. The van der Waals surface area contributed by atoms with Crippen LogP contribution in [0.2, 0.25) is 0 Å². The van der Waals surface area contributed by atoms with E-state index < -0.39 is 34.0 Å². The fourth-order valence-corrected chi connectivity index (χ4v) is 6.00. The summed E-state index contributed by atoms with van der Waals surface area (Å²) in [6.07, 6.45) is 0. The van der Waals surface area contributed by atoms with Crippen LogP contribution in [0.25, 0.3) is 11.1 Å². The molecule has 0 radical (unpaired) electrons. The van der Waals surface area contributed by atoms with Crippen LogP contribution in [0, 0.1) is 29.1 Å². The van der Waals surface area contributed by atoms with Crippen LogP contribution in [-0.4, -0.2) is 12.9 Å². The van der Waals surface area contributed by atoms with Crippen molar-refractivity contribution in [2.75, 3.05) is 7.11 Å². The van der Waals surface area contributed by atoms with Gasteiger partial charge in [-0.3, -0.25) is 4.79 Å². The van der Waals surface area contributed by atoms with Crippen LogP contribution in [-0.2, 0) is 0 Å². The molecule has 5 rings (SSSR count). The van der Waals surface area contributed by atoms with Crippen LogP contribution in [0.5, 0.6) is 5.75 Å². The lowest BCUT2D eigenvalue weighted by molar-refractivity contribution is 0.103. The summed E-state index contributed by atoms with van der Waals surface area (Å²) in [7, 11) is 1.45. The van der Waals surface area contributed by atoms with E-state index in [-0.39, 0.29) is 10.7 Å². The molecule has 0 atom stereocenters. The summed E-state index contributed by atoms with van der Waals surface area (Å²) in [5, 5.41) is 0. The molecule has 0 aliphatic heterocycles. The Morgan fingerprint density at radius 2 is 1.24 bits per heavy atom. The van der Waals surface area contributed by atoms with E-state index in [1.165, 1.54) is 31.0 Å². The van der Waals surface area contributed by atoms with Crippen molar-refractivity contribution in [3.8, 4) is 16.9 Å². The minimum Gasteiger partial charge on any atom is -0.497 e. The summed E-state index contributed by atoms with van der Waals surface area (Å²) in [6, 6.07) is 28.0. The fourth-order valence-electron chi connectivity index (χ4n) is 4.05. The number of hydrogen-bond donors (Lipinski definition) is 0. The number of hydrogen-bond acceptors (Lipinski definition) is 4. The number of rotatable bonds is 8. The molecule has 0 heterocycles. The van der Waals surface area contributed by atoms with Gasteiger partial charge in [0, 0.05) is 25.8 Å². The molecule has 0 spiro atoms. The molecule has 5 aromatic rings. The van der Waals surface area contributed by atoms with Crippen molar-refractivity contribution in [3.05, 3.63) is 137 Å². The highest BCUT2D eigenvalue weighted by Gasteiger charge is 2.27. The van der Waals surface area contributed by atoms with Gasteiger partial charge < -0.3 is 4.74 Å². The Kier molecular flexibility index (Phi) is 8.46. The number of benzene rings is 5. The molecule has 0 bridgehead atoms. The number of carbonyl (C=O) groups excluding carboxylic acids is 1. The van der Waals surface area contributed by atoms with E-state index in [1.807, 2.05) is 30.3 Å². The van der Waals surface area contributed by atoms with Crippen LogP contribution in [0.15, 0.2) is 117 Å². The largest absolute Gasteiger partial charge is 0.497 e. The SMILES string of the molecule is COc1ccc(Sc2c(F)c(F)c(F)c(F)c2F)c(-c2ccc(Sc3ccccc3C(=O)c3ccccc3)cc2)c1. The van der Waals surface area contributed by atoms with Gasteiger partial charge in [-0.25, -0.2) is 22.0 Å². The Bertz CT molecular complexity index is 1710. The van der Waals surface area contributed by atoms with Crippen LogP contribution in [0.3, 0.4) is 0 Å². The lowest BCUT2D eigenvalue weighted by Gasteiger charge is -2.14. The van der Waals surface area contributed by atoms with Crippen molar-refractivity contribution in [3.63, 3.8) is 0 Å². The smallest absolute Gasteiger partial charge is 0.200 e. The first kappa shape index (κ1) is 28.4. The van der Waals surface area contributed by atoms with Crippen molar-refractivity contribution in [1.82, 2.24) is 0 Å². The van der Waals surface area contributed by atoms with Crippen molar-refractivity contribution in [1.29, 1.82) is 0 Å². The van der Waals surface area contributed by atoms with Crippen molar-refractivity contribution < 1.29 is 31.5 Å². The normalized spacial score (nSPS) is 11.0. The highest BCUT2D eigenvalue weighted by atomic mass is 32.2. The van der Waals surface area contributed by atoms with E-state index >= 15 is 0 Å². The maximum absolute atomic E-state index is 14.4. The molecule has 206 valence electrons. The average Bonchev–Trinajstić information content (AvgIpc) is 3.02. The molecule has 0 saturated heterocycles. The Hall–Kier alpha value is -4.08. The summed E-state index contributed by atoms with van der Waals surface area (Å²) >= 11 is 1.83. The zero-order valence-corrected chi connectivity index (χ0v) is 22.9. The summed E-state index contributed by atoms with van der Waals surface area (Å²) in [4.78, 5) is 13.9. The minimum absolute atomic E-state index is 0.100. The molecule has 0 aromatic heterocycles. The van der Waals surface area contributed by atoms with Gasteiger partial charge in [-0.15, -0.1) is 0 Å². The Morgan fingerprint density at radius 1 is 0.634 bits per heavy atom. The van der Waals surface area contributed by atoms with E-state index in [2.05, 4.69) is 0 Å². The van der Waals surface area contributed by atoms with Gasteiger partial charge in [0.2, 0.25) is 5.82 Å². The molecule has 2 nitrogen and oxygen atoms in total. The predicted octanol–water partition coefficient (Wildman–Crippen LogP) is 9.59. The van der Waals surface area contributed by atoms with Crippen molar-refractivity contribution in [2.24, 2.45) is 0 Å². The predicted molar refractivity (Wildman–Crippen MR) is 149 cm³/mol. The van der Waals surface area contributed by atoms with E-state index in [1.54, 1.807) is 54.6 Å². The van der Waals surface area contributed by atoms with Gasteiger partial charge in [0.25, 0.3) is 0 Å². The molecule has 5 aromatic carbocycles. The van der Waals surface area contributed by atoms with Gasteiger partial charge >= 0.3 is 0 Å². The zero-order valence-electron chi connectivity index (χ0n) is 21.3. The van der Waals surface area contributed by atoms with Crippen LogP contribution < -0.4 is 4.74 Å². The standard InChI is InChI=1S/C32H19F5O2S2/c1-39-20-13-16-25(41-32-29(36)27(34)26(33)28(35)30(32)37)23(17-20)18-11-14-21(15-12-18)40-24-10-6-5-9-22(24)31(38)19-7-3-2-4-8-19/h2-17H,1H3. The highest BCUT2D eigenvalue weighted by molar-refractivity contribution is 7.99. The molecule has 0 aliphatic rings. The lowest BCUT2D eigenvalue weighted by atomic mass is 10.0. The molecular weight excluding hydrogens is 575 g/mol. The van der Waals surface area contributed by atoms with Crippen LogP contribution in [0.4, 0.5) is 22.0 Å². The molecule has 0 aliphatic carbocycles. The van der Waals surface area contributed by atoms with Crippen molar-refractivity contribution >= 4 is 29.3 Å². The second-order valence-corrected chi connectivity index (χ2v) is 10.8. The molecule has 0 amide bonds. The average molecular weight is 595 g/mol. The third kappa shape index (κ3) is 5.87. The lowest BCUT2D eigenvalue weighted by Crippen LogP contribution is -2.03. The van der Waals surface area contributed by atoms with Crippen molar-refractivity contribution in [2.45, 2.75) is 19.6 Å². The maximum Gasteiger partial charge on any atom is 0.200 e. The molecule has 9 heteroatoms. The third-order valence-corrected chi connectivity index (χ3v) is 8.35. The van der Waals surface area contributed by atoms with Gasteiger partial charge in [0.15, 0.2) is 29.1 Å². The summed E-state index contributed by atoms with van der Waals surface area (Å²) in [5.41, 5.74) is 2.22. The van der Waals surface area contributed by atoms with Gasteiger partial charge in [-0.05, 0) is 53.6 Å². The summed E-state index contributed by atoms with van der Waals surface area (Å²) in [6.45, 7) is 0. The molecule has 0 fully saturated rings. The number of carbonyl (C=O) groups is 1. The van der Waals surface area contributed by atoms with E-state index in [4.69, 9.17) is 4.74 Å². The Balaban J connectivity index is 1.46. The van der Waals surface area contributed by atoms with Crippen LogP contribution >= 0.6 is 23.5 Å².